The van der Waals surface area contributed by atoms with Crippen LogP contribution in [0.25, 0.3) is 0 Å². The minimum Gasteiger partial charge on any atom is -0.359 e. The van der Waals surface area contributed by atoms with Gasteiger partial charge >= 0.3 is 0 Å². The van der Waals surface area contributed by atoms with Crippen LogP contribution in [0.1, 0.15) is 38.3 Å². The monoisotopic (exact) mass is 194 g/mol. The van der Waals surface area contributed by atoms with Crippen molar-refractivity contribution in [3.8, 4) is 0 Å². The molecule has 0 amide bonds. The second kappa shape index (κ2) is 2.47. The fourth-order valence-corrected chi connectivity index (χ4v) is 2.41. The van der Waals surface area contributed by atoms with Crippen molar-refractivity contribution in [2.75, 3.05) is 5.32 Å². The molecule has 13 heavy (non-hydrogen) atoms. The Balaban J connectivity index is 1.76. The van der Waals surface area contributed by atoms with E-state index in [2.05, 4.69) is 22.6 Å². The first-order valence-corrected chi connectivity index (χ1v) is 5.87. The minimum absolute atomic E-state index is 0.431. The van der Waals surface area contributed by atoms with Gasteiger partial charge in [0.1, 0.15) is 0 Å². The number of rotatable bonds is 3. The second-order valence-corrected chi connectivity index (χ2v) is 5.38. The molecule has 70 valence electrons. The maximum atomic E-state index is 4.63. The molecule has 1 heterocycles. The summed E-state index contributed by atoms with van der Waals surface area (Å²) in [5, 5.41) is 6.79. The van der Waals surface area contributed by atoms with Gasteiger partial charge in [0.25, 0.3) is 0 Å². The summed E-state index contributed by atoms with van der Waals surface area (Å²) in [5.41, 5.74) is 1.74. The molecule has 2 aliphatic carbocycles. The van der Waals surface area contributed by atoms with Gasteiger partial charge in [-0.25, -0.2) is 4.98 Å². The first-order valence-electron chi connectivity index (χ1n) is 4.99. The van der Waals surface area contributed by atoms with Crippen LogP contribution >= 0.6 is 11.3 Å². The smallest absolute Gasteiger partial charge is 0.183 e. The second-order valence-electron chi connectivity index (χ2n) is 4.52. The molecule has 1 aromatic rings. The first kappa shape index (κ1) is 7.80. The highest BCUT2D eigenvalue weighted by molar-refractivity contribution is 7.13. The van der Waals surface area contributed by atoms with Crippen LogP contribution in [0.2, 0.25) is 0 Å². The number of nitrogens with zero attached hydrogens (tertiary/aromatic N) is 1. The van der Waals surface area contributed by atoms with Crippen molar-refractivity contribution in [2.24, 2.45) is 0 Å². The third-order valence-corrected chi connectivity index (χ3v) is 3.80. The molecule has 0 unspecified atom stereocenters. The molecule has 0 spiro atoms. The Hall–Kier alpha value is -0.570. The molecule has 0 bridgehead atoms. The highest BCUT2D eigenvalue weighted by Gasteiger charge is 2.41. The predicted octanol–water partition coefficient (Wildman–Crippen LogP) is 2.77. The van der Waals surface area contributed by atoms with Gasteiger partial charge in [0, 0.05) is 16.8 Å². The lowest BCUT2D eigenvalue weighted by atomic mass is 10.1. The van der Waals surface area contributed by atoms with Crippen LogP contribution in [0.4, 0.5) is 5.13 Å². The van der Waals surface area contributed by atoms with Crippen molar-refractivity contribution in [1.82, 2.24) is 4.98 Å². The zero-order valence-corrected chi connectivity index (χ0v) is 8.66. The van der Waals surface area contributed by atoms with E-state index < -0.39 is 0 Å². The van der Waals surface area contributed by atoms with E-state index in [1.807, 2.05) is 0 Å². The fraction of sp³-hybridized carbons (Fsp3) is 0.700. The van der Waals surface area contributed by atoms with E-state index >= 15 is 0 Å². The Morgan fingerprint density at radius 2 is 2.31 bits per heavy atom. The average molecular weight is 194 g/mol. The summed E-state index contributed by atoms with van der Waals surface area (Å²) in [6.45, 7) is 2.31. The third kappa shape index (κ3) is 1.46. The van der Waals surface area contributed by atoms with Crippen molar-refractivity contribution < 1.29 is 0 Å². The van der Waals surface area contributed by atoms with E-state index in [4.69, 9.17) is 0 Å². The highest BCUT2D eigenvalue weighted by Crippen LogP contribution is 2.48. The zero-order chi connectivity index (χ0) is 8.89. The van der Waals surface area contributed by atoms with Crippen LogP contribution in [-0.4, -0.2) is 11.0 Å². The molecule has 0 saturated heterocycles. The standard InChI is InChI=1S/C10H14N2S/c1-10(4-5-10)8-6-13-9(12-8)11-7-2-3-7/h6-7H,2-5H2,1H3,(H,11,12). The molecule has 0 atom stereocenters. The lowest BCUT2D eigenvalue weighted by molar-refractivity contribution is 0.758. The van der Waals surface area contributed by atoms with Crippen molar-refractivity contribution in [3.63, 3.8) is 0 Å². The summed E-state index contributed by atoms with van der Waals surface area (Å²) in [5.74, 6) is 0. The molecule has 0 radical (unpaired) electrons. The van der Waals surface area contributed by atoms with Crippen molar-refractivity contribution in [3.05, 3.63) is 11.1 Å². The SMILES string of the molecule is CC1(c2csc(NC3CC3)n2)CC1. The van der Waals surface area contributed by atoms with E-state index in [9.17, 15) is 0 Å². The Labute approximate surface area is 82.4 Å². The number of thiazole rings is 1. The van der Waals surface area contributed by atoms with Gasteiger partial charge in [0.2, 0.25) is 0 Å². The third-order valence-electron chi connectivity index (χ3n) is 3.03. The van der Waals surface area contributed by atoms with Gasteiger partial charge in [-0.2, -0.15) is 0 Å². The summed E-state index contributed by atoms with van der Waals surface area (Å²) in [6.07, 6.45) is 5.29. The average Bonchev–Trinajstić information content (AvgIpc) is 2.97. The molecule has 1 N–H and O–H groups in total. The molecule has 2 saturated carbocycles. The Morgan fingerprint density at radius 3 is 2.92 bits per heavy atom. The van der Waals surface area contributed by atoms with E-state index in [0.717, 1.165) is 11.2 Å². The quantitative estimate of drug-likeness (QED) is 0.800. The summed E-state index contributed by atoms with van der Waals surface area (Å²) in [4.78, 5) is 4.63. The highest BCUT2D eigenvalue weighted by atomic mass is 32.1. The van der Waals surface area contributed by atoms with Gasteiger partial charge in [-0.05, 0) is 25.7 Å². The molecule has 2 fully saturated rings. The number of hydrogen-bond donors (Lipinski definition) is 1. The Bertz CT molecular complexity index is 323. The van der Waals surface area contributed by atoms with Gasteiger partial charge < -0.3 is 5.32 Å². The van der Waals surface area contributed by atoms with Crippen molar-refractivity contribution >= 4 is 16.5 Å². The van der Waals surface area contributed by atoms with E-state index in [1.165, 1.54) is 31.4 Å². The molecule has 0 aliphatic heterocycles. The lowest BCUT2D eigenvalue weighted by Crippen LogP contribution is -2.03. The van der Waals surface area contributed by atoms with Crippen molar-refractivity contribution in [1.29, 1.82) is 0 Å². The number of nitrogens with one attached hydrogen (secondary N) is 1. The molecule has 3 heteroatoms. The Morgan fingerprint density at radius 1 is 1.54 bits per heavy atom. The number of hydrogen-bond acceptors (Lipinski definition) is 3. The van der Waals surface area contributed by atoms with E-state index in [1.54, 1.807) is 11.3 Å². The molecular weight excluding hydrogens is 180 g/mol. The Kier molecular flexibility index (Phi) is 1.48. The van der Waals surface area contributed by atoms with Gasteiger partial charge in [-0.15, -0.1) is 11.3 Å². The van der Waals surface area contributed by atoms with E-state index in [-0.39, 0.29) is 0 Å². The maximum Gasteiger partial charge on any atom is 0.183 e. The molecule has 1 aromatic heterocycles. The summed E-state index contributed by atoms with van der Waals surface area (Å²) >= 11 is 1.76. The summed E-state index contributed by atoms with van der Waals surface area (Å²) in [7, 11) is 0. The minimum atomic E-state index is 0.431. The van der Waals surface area contributed by atoms with Gasteiger partial charge in [-0.3, -0.25) is 0 Å². The fourth-order valence-electron chi connectivity index (χ4n) is 1.46. The largest absolute Gasteiger partial charge is 0.359 e. The summed E-state index contributed by atoms with van der Waals surface area (Å²) in [6, 6.07) is 0.728. The number of anilines is 1. The van der Waals surface area contributed by atoms with Crippen LogP contribution in [-0.2, 0) is 5.41 Å². The van der Waals surface area contributed by atoms with Crippen LogP contribution in [0.5, 0.6) is 0 Å². The van der Waals surface area contributed by atoms with Gasteiger partial charge in [-0.1, -0.05) is 6.92 Å². The topological polar surface area (TPSA) is 24.9 Å². The maximum absolute atomic E-state index is 4.63. The normalized spacial score (nSPS) is 24.4. The summed E-state index contributed by atoms with van der Waals surface area (Å²) < 4.78 is 0. The van der Waals surface area contributed by atoms with Gasteiger partial charge in [0.15, 0.2) is 5.13 Å². The van der Waals surface area contributed by atoms with Crippen LogP contribution in [0, 0.1) is 0 Å². The molecule has 3 rings (SSSR count). The predicted molar refractivity (Wildman–Crippen MR) is 55.3 cm³/mol. The molecular formula is C10H14N2S. The lowest BCUT2D eigenvalue weighted by Gasteiger charge is -2.02. The zero-order valence-electron chi connectivity index (χ0n) is 7.84. The number of aromatic nitrogens is 1. The van der Waals surface area contributed by atoms with E-state index in [0.29, 0.717) is 5.41 Å². The first-order chi connectivity index (χ1) is 6.26. The van der Waals surface area contributed by atoms with Crippen LogP contribution < -0.4 is 5.32 Å². The molecule has 2 aliphatic rings. The van der Waals surface area contributed by atoms with Crippen LogP contribution in [0.15, 0.2) is 5.38 Å². The molecule has 2 nitrogen and oxygen atoms in total. The van der Waals surface area contributed by atoms with Gasteiger partial charge in [0.05, 0.1) is 5.69 Å². The van der Waals surface area contributed by atoms with Crippen LogP contribution in [0.3, 0.4) is 0 Å². The molecule has 0 aromatic carbocycles. The van der Waals surface area contributed by atoms with Crippen molar-refractivity contribution in [2.45, 2.75) is 44.1 Å².